The van der Waals surface area contributed by atoms with Crippen molar-refractivity contribution in [2.45, 2.75) is 105 Å². The second kappa shape index (κ2) is 27.1. The Kier molecular flexibility index (Phi) is 20.9. The Labute approximate surface area is 462 Å². The first-order valence-corrected chi connectivity index (χ1v) is 27.3. The van der Waals surface area contributed by atoms with Crippen LogP contribution in [0.4, 0.5) is 32.0 Å². The molecule has 6 rings (SSSR count). The van der Waals surface area contributed by atoms with E-state index in [9.17, 15) is 19.2 Å². The van der Waals surface area contributed by atoms with Crippen LogP contribution in [-0.4, -0.2) is 172 Å². The van der Waals surface area contributed by atoms with E-state index in [2.05, 4.69) is 71.0 Å². The van der Waals surface area contributed by atoms with Crippen LogP contribution in [0.3, 0.4) is 0 Å². The highest BCUT2D eigenvalue weighted by atomic mass is 35.5. The van der Waals surface area contributed by atoms with Gasteiger partial charge in [-0.15, -0.1) is 11.3 Å². The number of thiazole rings is 1. The monoisotopic (exact) mass is 1100 g/mol. The first-order chi connectivity index (χ1) is 36.4. The third-order valence-corrected chi connectivity index (χ3v) is 13.1. The van der Waals surface area contributed by atoms with Crippen LogP contribution in [0.2, 0.25) is 5.02 Å². The number of ether oxygens (including phenoxy) is 4. The SMILES string of the molecule is C[C@H](Nc1nc(NCc2ccc(Cl)cc2)nc(OCCN(C)c2ccc(-c3nc4ccccc4s3)cc2)n1)C(=O)NCCCN1CCN(C(=O)OC(C)(C)C)CCN(C(=O)OC(C)(C)C)CCN(C(=O)OC(C)(C)C)CC1. The molecule has 3 N–H and O–H groups in total. The Morgan fingerprint density at radius 3 is 1.77 bits per heavy atom. The molecule has 1 aliphatic rings. The van der Waals surface area contributed by atoms with Crippen molar-refractivity contribution >= 4 is 74.9 Å². The molecule has 0 bridgehead atoms. The maximum atomic E-state index is 13.6. The van der Waals surface area contributed by atoms with Gasteiger partial charge in [0.05, 0.1) is 16.8 Å². The van der Waals surface area contributed by atoms with Crippen LogP contribution < -0.4 is 25.6 Å². The maximum absolute atomic E-state index is 13.6. The van der Waals surface area contributed by atoms with Gasteiger partial charge in [0.15, 0.2) is 0 Å². The summed E-state index contributed by atoms with van der Waals surface area (Å²) < 4.78 is 24.6. The number of hydrogen-bond acceptors (Lipinski definition) is 17. The highest BCUT2D eigenvalue weighted by molar-refractivity contribution is 7.21. The quantitative estimate of drug-likeness (QED) is 0.0621. The number of nitrogens with one attached hydrogen (secondary N) is 3. The normalized spacial score (nSPS) is 14.7. The molecule has 22 heteroatoms. The number of likely N-dealkylation sites (N-methyl/N-ethyl adjacent to an activating group) is 1. The van der Waals surface area contributed by atoms with E-state index in [1.54, 1.807) is 90.4 Å². The van der Waals surface area contributed by atoms with Crippen molar-refractivity contribution in [1.29, 1.82) is 0 Å². The van der Waals surface area contributed by atoms with Crippen molar-refractivity contribution in [2.24, 2.45) is 0 Å². The zero-order valence-corrected chi connectivity index (χ0v) is 48.1. The van der Waals surface area contributed by atoms with E-state index in [0.717, 1.165) is 32.0 Å². The fourth-order valence-corrected chi connectivity index (χ4v) is 8.83. The summed E-state index contributed by atoms with van der Waals surface area (Å²) in [5, 5.41) is 11.0. The van der Waals surface area contributed by atoms with E-state index in [1.165, 1.54) is 4.90 Å². The van der Waals surface area contributed by atoms with E-state index < -0.39 is 41.1 Å². The van der Waals surface area contributed by atoms with Gasteiger partial charge in [-0.2, -0.15) is 15.0 Å². The van der Waals surface area contributed by atoms with E-state index in [4.69, 9.17) is 35.5 Å². The lowest BCUT2D eigenvalue weighted by molar-refractivity contribution is -0.121. The minimum Gasteiger partial charge on any atom is -0.461 e. The summed E-state index contributed by atoms with van der Waals surface area (Å²) in [5.41, 5.74) is 1.75. The van der Waals surface area contributed by atoms with E-state index >= 15 is 0 Å². The molecule has 77 heavy (non-hydrogen) atoms. The lowest BCUT2D eigenvalue weighted by Gasteiger charge is -2.35. The molecule has 0 spiro atoms. The fraction of sp³-hybridized carbons (Fsp3) is 0.527. The van der Waals surface area contributed by atoms with E-state index in [0.29, 0.717) is 50.7 Å². The number of fused-ring (bicyclic) bond motifs is 1. The summed E-state index contributed by atoms with van der Waals surface area (Å²) in [4.78, 5) is 81.6. The topological polar surface area (TPSA) is 209 Å². The average Bonchev–Trinajstić information content (AvgIpc) is 3.79. The minimum absolute atomic E-state index is 0.0789. The molecule has 1 fully saturated rings. The molecular weight excluding hydrogens is 1020 g/mol. The molecule has 0 unspecified atom stereocenters. The predicted octanol–water partition coefficient (Wildman–Crippen LogP) is 9.26. The number of benzene rings is 3. The van der Waals surface area contributed by atoms with Gasteiger partial charge in [-0.05, 0) is 136 Å². The van der Waals surface area contributed by atoms with Crippen LogP contribution >= 0.6 is 22.9 Å². The second-order valence-electron chi connectivity index (χ2n) is 21.8. The van der Waals surface area contributed by atoms with Gasteiger partial charge < -0.3 is 54.5 Å². The minimum atomic E-state index is -0.756. The van der Waals surface area contributed by atoms with Crippen LogP contribution in [0.25, 0.3) is 20.8 Å². The zero-order valence-electron chi connectivity index (χ0n) is 46.5. The highest BCUT2D eigenvalue weighted by Gasteiger charge is 2.30. The molecular formula is C55H77ClN12O8S. The van der Waals surface area contributed by atoms with Crippen LogP contribution in [0, 0.1) is 0 Å². The van der Waals surface area contributed by atoms with Crippen molar-refractivity contribution in [2.75, 3.05) is 101 Å². The van der Waals surface area contributed by atoms with Crippen molar-refractivity contribution in [3.05, 3.63) is 83.4 Å². The molecule has 0 radical (unpaired) electrons. The third kappa shape index (κ3) is 20.0. The number of nitrogens with zero attached hydrogens (tertiary/aromatic N) is 9. The summed E-state index contributed by atoms with van der Waals surface area (Å²) in [5.74, 6) is 0.114. The van der Waals surface area contributed by atoms with Gasteiger partial charge in [-0.25, -0.2) is 19.4 Å². The van der Waals surface area contributed by atoms with Crippen molar-refractivity contribution in [3.63, 3.8) is 0 Å². The van der Waals surface area contributed by atoms with Gasteiger partial charge in [0.1, 0.15) is 34.5 Å². The second-order valence-corrected chi connectivity index (χ2v) is 23.3. The smallest absolute Gasteiger partial charge is 0.410 e. The van der Waals surface area contributed by atoms with Gasteiger partial charge >= 0.3 is 24.3 Å². The molecule has 20 nitrogen and oxygen atoms in total. The first kappa shape index (κ1) is 59.5. The molecule has 3 aromatic carbocycles. The Morgan fingerprint density at radius 1 is 0.688 bits per heavy atom. The van der Waals surface area contributed by atoms with Gasteiger partial charge in [-0.3, -0.25) is 9.69 Å². The van der Waals surface area contributed by atoms with Crippen LogP contribution in [0.5, 0.6) is 6.01 Å². The molecule has 0 saturated carbocycles. The van der Waals surface area contributed by atoms with Crippen molar-refractivity contribution in [3.8, 4) is 16.6 Å². The molecule has 1 atom stereocenters. The molecule has 418 valence electrons. The number of para-hydroxylation sites is 1. The summed E-state index contributed by atoms with van der Waals surface area (Å²) >= 11 is 7.79. The molecule has 2 aromatic heterocycles. The van der Waals surface area contributed by atoms with E-state index in [1.807, 2.05) is 49.5 Å². The summed E-state index contributed by atoms with van der Waals surface area (Å²) in [6.07, 6.45) is -1.01. The Morgan fingerprint density at radius 2 is 1.22 bits per heavy atom. The molecule has 3 heterocycles. The summed E-state index contributed by atoms with van der Waals surface area (Å²) in [6, 6.07) is 23.1. The Bertz CT molecular complexity index is 2650. The number of anilines is 3. The number of carbonyl (C=O) groups excluding carboxylic acids is 4. The number of rotatable bonds is 16. The van der Waals surface area contributed by atoms with Crippen molar-refractivity contribution < 1.29 is 38.1 Å². The zero-order chi connectivity index (χ0) is 55.9. The molecule has 5 aromatic rings. The van der Waals surface area contributed by atoms with Gasteiger partial charge in [-0.1, -0.05) is 35.9 Å². The number of amides is 4. The van der Waals surface area contributed by atoms with Crippen LogP contribution in [-0.2, 0) is 25.5 Å². The molecule has 1 aliphatic heterocycles. The molecule has 1 saturated heterocycles. The molecule has 0 aliphatic carbocycles. The number of hydrogen-bond donors (Lipinski definition) is 3. The van der Waals surface area contributed by atoms with Gasteiger partial charge in [0, 0.05) is 88.8 Å². The van der Waals surface area contributed by atoms with Crippen molar-refractivity contribution in [1.82, 2.24) is 44.9 Å². The fourth-order valence-electron chi connectivity index (χ4n) is 7.74. The first-order valence-electron chi connectivity index (χ1n) is 26.1. The van der Waals surface area contributed by atoms with Gasteiger partial charge in [0.25, 0.3) is 0 Å². The lowest BCUT2D eigenvalue weighted by atomic mass is 10.2. The number of carbonyl (C=O) groups is 4. The Hall–Kier alpha value is -6.71. The molecule has 4 amide bonds. The predicted molar refractivity (Wildman–Crippen MR) is 303 cm³/mol. The van der Waals surface area contributed by atoms with E-state index in [-0.39, 0.29) is 69.7 Å². The van der Waals surface area contributed by atoms with Crippen LogP contribution in [0.1, 0.15) is 81.2 Å². The lowest BCUT2D eigenvalue weighted by Crippen LogP contribution is -2.51. The van der Waals surface area contributed by atoms with Gasteiger partial charge in [0.2, 0.25) is 17.8 Å². The largest absolute Gasteiger partial charge is 0.461 e. The standard InChI is InChI=1S/C55H77ClN12O8S/c1-38(45(69)57-25-14-26-65-27-29-66(50(70)74-53(2,3)4)31-33-68(52(72)76-55(8,9)10)34-32-67(30-28-65)51(71)75-54(5,6)7)59-48-61-47(58-37-39-17-21-41(56)22-18-39)62-49(63-48)73-36-35-64(11)42-23-19-40(20-24-42)46-60-43-15-12-13-16-44(43)77-46/h12-13,15-24,38H,14,25-37H2,1-11H3,(H,57,69)(H2,58,59,61,62,63)/t38-/m0/s1. The maximum Gasteiger partial charge on any atom is 0.410 e. The van der Waals surface area contributed by atoms with Crippen LogP contribution in [0.15, 0.2) is 72.8 Å². The summed E-state index contributed by atoms with van der Waals surface area (Å²) in [6.45, 7) is 22.0. The highest BCUT2D eigenvalue weighted by Crippen LogP contribution is 2.31. The third-order valence-electron chi connectivity index (χ3n) is 11.8. The average molecular weight is 1100 g/mol. The number of halogens is 1. The summed E-state index contributed by atoms with van der Waals surface area (Å²) in [7, 11) is 1.99. The number of aromatic nitrogens is 4. The Balaban J connectivity index is 1.07.